The Hall–Kier alpha value is -0.860. The molecular weight excluding hydrogens is 232 g/mol. The number of nitrogens with one attached hydrogen (secondary N) is 1. The highest BCUT2D eigenvalue weighted by Gasteiger charge is 2.19. The molecule has 2 nitrogen and oxygen atoms in total. The molecule has 1 aromatic carbocycles. The molecule has 0 aromatic heterocycles. The van der Waals surface area contributed by atoms with Crippen LogP contribution in [0.4, 0.5) is 0 Å². The van der Waals surface area contributed by atoms with Gasteiger partial charge >= 0.3 is 0 Å². The van der Waals surface area contributed by atoms with Crippen molar-refractivity contribution in [2.75, 3.05) is 19.6 Å². The molecule has 1 aliphatic rings. The van der Waals surface area contributed by atoms with Crippen LogP contribution in [-0.2, 0) is 6.54 Å². The first kappa shape index (κ1) is 14.5. The van der Waals surface area contributed by atoms with E-state index in [1.165, 1.54) is 49.0 Å². The smallest absolute Gasteiger partial charge is 0.0237 e. The fourth-order valence-corrected chi connectivity index (χ4v) is 2.98. The van der Waals surface area contributed by atoms with Crippen LogP contribution < -0.4 is 5.32 Å². The summed E-state index contributed by atoms with van der Waals surface area (Å²) in [7, 11) is 0. The van der Waals surface area contributed by atoms with Crippen molar-refractivity contribution >= 4 is 0 Å². The normalized spacial score (nSPS) is 20.7. The maximum Gasteiger partial charge on any atom is 0.0237 e. The first-order valence-corrected chi connectivity index (χ1v) is 7.71. The van der Waals surface area contributed by atoms with Crippen LogP contribution in [0.15, 0.2) is 18.2 Å². The highest BCUT2D eigenvalue weighted by atomic mass is 15.2. The van der Waals surface area contributed by atoms with Gasteiger partial charge in [0.15, 0.2) is 0 Å². The van der Waals surface area contributed by atoms with Crippen LogP contribution >= 0.6 is 0 Å². The quantitative estimate of drug-likeness (QED) is 0.874. The third kappa shape index (κ3) is 4.32. The van der Waals surface area contributed by atoms with Crippen LogP contribution in [0.2, 0.25) is 0 Å². The molecule has 1 aromatic rings. The lowest BCUT2D eigenvalue weighted by atomic mass is 10.0. The molecule has 1 saturated heterocycles. The van der Waals surface area contributed by atoms with E-state index in [-0.39, 0.29) is 0 Å². The summed E-state index contributed by atoms with van der Waals surface area (Å²) in [6.07, 6.45) is 3.89. The second kappa shape index (κ2) is 7.06. The minimum atomic E-state index is 0.694. The Morgan fingerprint density at radius 2 is 2.16 bits per heavy atom. The van der Waals surface area contributed by atoms with Crippen LogP contribution in [0.25, 0.3) is 0 Å². The molecule has 0 spiro atoms. The predicted molar refractivity (Wildman–Crippen MR) is 82.5 cm³/mol. The van der Waals surface area contributed by atoms with Crippen molar-refractivity contribution in [3.8, 4) is 0 Å². The number of likely N-dealkylation sites (tertiary alicyclic amines) is 1. The van der Waals surface area contributed by atoms with Gasteiger partial charge in [0, 0.05) is 19.1 Å². The fourth-order valence-electron chi connectivity index (χ4n) is 2.98. The van der Waals surface area contributed by atoms with Crippen molar-refractivity contribution < 1.29 is 0 Å². The van der Waals surface area contributed by atoms with Gasteiger partial charge in [-0.2, -0.15) is 0 Å². The molecule has 1 unspecified atom stereocenters. The second-order valence-electron chi connectivity index (χ2n) is 5.96. The first-order chi connectivity index (χ1) is 9.19. The molecule has 0 aliphatic carbocycles. The lowest BCUT2D eigenvalue weighted by Crippen LogP contribution is -2.45. The Labute approximate surface area is 118 Å². The van der Waals surface area contributed by atoms with Gasteiger partial charge < -0.3 is 5.32 Å². The van der Waals surface area contributed by atoms with Crippen molar-refractivity contribution in [1.29, 1.82) is 0 Å². The van der Waals surface area contributed by atoms with E-state index >= 15 is 0 Å². The minimum absolute atomic E-state index is 0.694. The molecule has 0 saturated carbocycles. The van der Waals surface area contributed by atoms with Gasteiger partial charge in [-0.25, -0.2) is 0 Å². The standard InChI is InChI=1S/C17H28N2/c1-4-9-18-17-6-5-10-19(13-17)12-16-8-7-14(2)11-15(16)3/h7-8,11,17-18H,4-6,9-10,12-13H2,1-3H3. The lowest BCUT2D eigenvalue weighted by molar-refractivity contribution is 0.183. The van der Waals surface area contributed by atoms with E-state index in [4.69, 9.17) is 0 Å². The zero-order valence-electron chi connectivity index (χ0n) is 12.7. The summed E-state index contributed by atoms with van der Waals surface area (Å²) in [6, 6.07) is 7.53. The molecule has 19 heavy (non-hydrogen) atoms. The maximum atomic E-state index is 3.67. The summed E-state index contributed by atoms with van der Waals surface area (Å²) < 4.78 is 0. The predicted octanol–water partition coefficient (Wildman–Crippen LogP) is 3.27. The number of hydrogen-bond acceptors (Lipinski definition) is 2. The van der Waals surface area contributed by atoms with Crippen LogP contribution in [0.3, 0.4) is 0 Å². The number of rotatable bonds is 5. The molecule has 1 aliphatic heterocycles. The van der Waals surface area contributed by atoms with Crippen molar-refractivity contribution in [3.05, 3.63) is 34.9 Å². The van der Waals surface area contributed by atoms with E-state index in [0.29, 0.717) is 6.04 Å². The fraction of sp³-hybridized carbons (Fsp3) is 0.647. The average Bonchev–Trinajstić information content (AvgIpc) is 2.40. The van der Waals surface area contributed by atoms with Crippen LogP contribution in [0, 0.1) is 13.8 Å². The minimum Gasteiger partial charge on any atom is -0.313 e. The Balaban J connectivity index is 1.91. The molecule has 1 fully saturated rings. The number of aryl methyl sites for hydroxylation is 2. The molecule has 1 atom stereocenters. The van der Waals surface area contributed by atoms with Gasteiger partial charge in [-0.3, -0.25) is 4.90 Å². The molecule has 2 heteroatoms. The Morgan fingerprint density at radius 3 is 2.89 bits per heavy atom. The van der Waals surface area contributed by atoms with Crippen molar-refractivity contribution in [3.63, 3.8) is 0 Å². The largest absolute Gasteiger partial charge is 0.313 e. The van der Waals surface area contributed by atoms with Crippen LogP contribution in [-0.4, -0.2) is 30.6 Å². The van der Waals surface area contributed by atoms with Gasteiger partial charge in [-0.1, -0.05) is 30.7 Å². The average molecular weight is 260 g/mol. The summed E-state index contributed by atoms with van der Waals surface area (Å²) in [5.74, 6) is 0. The molecule has 0 bridgehead atoms. The Kier molecular flexibility index (Phi) is 5.41. The van der Waals surface area contributed by atoms with E-state index in [1.807, 2.05) is 0 Å². The first-order valence-electron chi connectivity index (χ1n) is 7.71. The van der Waals surface area contributed by atoms with Crippen LogP contribution in [0.1, 0.15) is 42.9 Å². The third-order valence-electron chi connectivity index (χ3n) is 4.08. The molecule has 106 valence electrons. The van der Waals surface area contributed by atoms with Gasteiger partial charge in [0.1, 0.15) is 0 Å². The maximum absolute atomic E-state index is 3.67. The van der Waals surface area contributed by atoms with E-state index in [9.17, 15) is 0 Å². The second-order valence-corrected chi connectivity index (χ2v) is 5.96. The number of hydrogen-bond donors (Lipinski definition) is 1. The van der Waals surface area contributed by atoms with E-state index in [2.05, 4.69) is 49.2 Å². The van der Waals surface area contributed by atoms with Gasteiger partial charge in [0.2, 0.25) is 0 Å². The molecule has 2 rings (SSSR count). The van der Waals surface area contributed by atoms with E-state index in [0.717, 1.165) is 13.1 Å². The summed E-state index contributed by atoms with van der Waals surface area (Å²) in [6.45, 7) is 11.4. The molecule has 0 radical (unpaired) electrons. The number of benzene rings is 1. The Bertz CT molecular complexity index is 400. The van der Waals surface area contributed by atoms with Crippen molar-refractivity contribution in [2.24, 2.45) is 0 Å². The summed E-state index contributed by atoms with van der Waals surface area (Å²) >= 11 is 0. The van der Waals surface area contributed by atoms with Gasteiger partial charge in [0.25, 0.3) is 0 Å². The molecule has 0 amide bonds. The zero-order valence-corrected chi connectivity index (χ0v) is 12.7. The van der Waals surface area contributed by atoms with Crippen molar-refractivity contribution in [2.45, 2.75) is 52.6 Å². The lowest BCUT2D eigenvalue weighted by Gasteiger charge is -2.33. The SMILES string of the molecule is CCCNC1CCCN(Cc2ccc(C)cc2C)C1. The van der Waals surface area contributed by atoms with E-state index < -0.39 is 0 Å². The zero-order chi connectivity index (χ0) is 13.7. The number of nitrogens with zero attached hydrogens (tertiary/aromatic N) is 1. The summed E-state index contributed by atoms with van der Waals surface area (Å²) in [5, 5.41) is 3.67. The number of piperidine rings is 1. The highest BCUT2D eigenvalue weighted by Crippen LogP contribution is 2.17. The third-order valence-corrected chi connectivity index (χ3v) is 4.08. The molecule has 1 heterocycles. The van der Waals surface area contributed by atoms with Gasteiger partial charge in [-0.15, -0.1) is 0 Å². The van der Waals surface area contributed by atoms with Crippen molar-refractivity contribution in [1.82, 2.24) is 10.2 Å². The topological polar surface area (TPSA) is 15.3 Å². The van der Waals surface area contributed by atoms with Gasteiger partial charge in [-0.05, 0) is 57.3 Å². The Morgan fingerprint density at radius 1 is 1.32 bits per heavy atom. The molecule has 1 N–H and O–H groups in total. The summed E-state index contributed by atoms with van der Waals surface area (Å²) in [4.78, 5) is 2.61. The van der Waals surface area contributed by atoms with E-state index in [1.54, 1.807) is 0 Å². The molecular formula is C17H28N2. The van der Waals surface area contributed by atoms with Gasteiger partial charge in [0.05, 0.1) is 0 Å². The summed E-state index contributed by atoms with van der Waals surface area (Å²) in [5.41, 5.74) is 4.28. The highest BCUT2D eigenvalue weighted by molar-refractivity contribution is 5.30. The van der Waals surface area contributed by atoms with Crippen LogP contribution in [0.5, 0.6) is 0 Å². The monoisotopic (exact) mass is 260 g/mol.